The van der Waals surface area contributed by atoms with Crippen molar-refractivity contribution in [3.05, 3.63) is 0 Å². The first-order valence-corrected chi connectivity index (χ1v) is 6.81. The monoisotopic (exact) mass is 205 g/mol. The molecule has 0 N–H and O–H groups in total. The van der Waals surface area contributed by atoms with Crippen molar-refractivity contribution in [2.24, 2.45) is 0 Å². The molecule has 1 fully saturated rings. The second-order valence-electron chi connectivity index (χ2n) is 3.87. The van der Waals surface area contributed by atoms with Crippen LogP contribution in [-0.2, 0) is 9.84 Å². The van der Waals surface area contributed by atoms with E-state index in [1.54, 1.807) is 0 Å². The molecule has 13 heavy (non-hydrogen) atoms. The Morgan fingerprint density at radius 2 is 1.38 bits per heavy atom. The van der Waals surface area contributed by atoms with Gasteiger partial charge in [0.25, 0.3) is 0 Å². The fraction of sp³-hybridized carbons (Fsp3) is 1.00. The minimum Gasteiger partial charge on any atom is -0.306 e. The van der Waals surface area contributed by atoms with Crippen LogP contribution in [0.25, 0.3) is 0 Å². The van der Waals surface area contributed by atoms with Crippen LogP contribution >= 0.6 is 0 Å². The molecule has 0 aromatic carbocycles. The average Bonchev–Trinajstić information content (AvgIpc) is 2.06. The fourth-order valence-corrected chi connectivity index (χ4v) is 3.11. The molecule has 0 aromatic heterocycles. The lowest BCUT2D eigenvalue weighted by Crippen LogP contribution is -2.24. The van der Waals surface area contributed by atoms with Crippen LogP contribution in [-0.4, -0.2) is 45.0 Å². The third-order valence-electron chi connectivity index (χ3n) is 2.49. The third-order valence-corrected chi connectivity index (χ3v) is 4.31. The molecule has 0 radical (unpaired) electrons. The Kier molecular flexibility index (Phi) is 4.19. The van der Waals surface area contributed by atoms with Gasteiger partial charge in [-0.25, -0.2) is 8.42 Å². The maximum Gasteiger partial charge on any atom is 0.150 e. The molecule has 4 heteroatoms. The Bertz CT molecular complexity index is 218. The van der Waals surface area contributed by atoms with Crippen LogP contribution in [0.3, 0.4) is 0 Å². The number of hydrogen-bond acceptors (Lipinski definition) is 3. The highest BCUT2D eigenvalue weighted by Gasteiger charge is 2.12. The molecule has 0 bridgehead atoms. The smallest absolute Gasteiger partial charge is 0.150 e. The summed E-state index contributed by atoms with van der Waals surface area (Å²) in [4.78, 5) is 2.29. The zero-order valence-corrected chi connectivity index (χ0v) is 9.15. The first-order valence-electron chi connectivity index (χ1n) is 4.99. The van der Waals surface area contributed by atoms with E-state index in [1.807, 2.05) is 0 Å². The first kappa shape index (κ1) is 11.0. The predicted octanol–water partition coefficient (Wildman–Crippen LogP) is 0.907. The van der Waals surface area contributed by atoms with Gasteiger partial charge in [-0.3, -0.25) is 0 Å². The largest absolute Gasteiger partial charge is 0.306 e. The van der Waals surface area contributed by atoms with Gasteiger partial charge in [0.15, 0.2) is 0 Å². The molecule has 0 saturated carbocycles. The molecular formula is C9H19NO2S. The molecule has 0 aromatic rings. The van der Waals surface area contributed by atoms with Gasteiger partial charge in [0.1, 0.15) is 9.84 Å². The van der Waals surface area contributed by atoms with Crippen LogP contribution in [0.15, 0.2) is 0 Å². The highest BCUT2D eigenvalue weighted by atomic mass is 32.2. The van der Waals surface area contributed by atoms with Crippen molar-refractivity contribution in [3.8, 4) is 0 Å². The molecule has 0 amide bonds. The molecule has 0 spiro atoms. The second-order valence-corrected chi connectivity index (χ2v) is 6.17. The summed E-state index contributed by atoms with van der Waals surface area (Å²) >= 11 is 0. The molecule has 1 rings (SSSR count). The minimum absolute atomic E-state index is 0.390. The van der Waals surface area contributed by atoms with Crippen LogP contribution in [0, 0.1) is 0 Å². The van der Waals surface area contributed by atoms with Gasteiger partial charge in [-0.05, 0) is 45.8 Å². The number of hydrogen-bond donors (Lipinski definition) is 0. The molecule has 1 aliphatic rings. The Labute approximate surface area is 81.0 Å². The maximum atomic E-state index is 11.4. The summed E-state index contributed by atoms with van der Waals surface area (Å²) in [5.74, 6) is 0.779. The molecule has 0 atom stereocenters. The van der Waals surface area contributed by atoms with E-state index in [0.717, 1.165) is 38.8 Å². The average molecular weight is 205 g/mol. The molecule has 1 aliphatic heterocycles. The van der Waals surface area contributed by atoms with Crippen LogP contribution < -0.4 is 0 Å². The van der Waals surface area contributed by atoms with Gasteiger partial charge in [0, 0.05) is 0 Å². The van der Waals surface area contributed by atoms with Crippen LogP contribution in [0.5, 0.6) is 0 Å². The van der Waals surface area contributed by atoms with E-state index in [4.69, 9.17) is 0 Å². The lowest BCUT2D eigenvalue weighted by atomic mass is 10.3. The van der Waals surface area contributed by atoms with Gasteiger partial charge in [-0.2, -0.15) is 0 Å². The van der Waals surface area contributed by atoms with Gasteiger partial charge >= 0.3 is 0 Å². The van der Waals surface area contributed by atoms with E-state index in [-0.39, 0.29) is 0 Å². The molecule has 78 valence electrons. The SMILES string of the molecule is CN1CCCCS(=O)(=O)CCCC1. The summed E-state index contributed by atoms with van der Waals surface area (Å²) in [6, 6.07) is 0. The topological polar surface area (TPSA) is 37.4 Å². The van der Waals surface area contributed by atoms with Gasteiger partial charge < -0.3 is 4.90 Å². The van der Waals surface area contributed by atoms with Crippen molar-refractivity contribution in [1.29, 1.82) is 0 Å². The molecule has 1 heterocycles. The molecule has 1 saturated heterocycles. The van der Waals surface area contributed by atoms with Crippen LogP contribution in [0.2, 0.25) is 0 Å². The molecule has 0 aliphatic carbocycles. The van der Waals surface area contributed by atoms with Crippen molar-refractivity contribution < 1.29 is 8.42 Å². The summed E-state index contributed by atoms with van der Waals surface area (Å²) in [6.45, 7) is 2.07. The summed E-state index contributed by atoms with van der Waals surface area (Å²) in [5.41, 5.74) is 0. The first-order chi connectivity index (χ1) is 6.10. The second kappa shape index (κ2) is 4.96. The zero-order chi connectivity index (χ0) is 9.73. The lowest BCUT2D eigenvalue weighted by Gasteiger charge is -2.17. The van der Waals surface area contributed by atoms with E-state index in [0.29, 0.717) is 11.5 Å². The van der Waals surface area contributed by atoms with E-state index in [1.165, 1.54) is 0 Å². The van der Waals surface area contributed by atoms with Gasteiger partial charge in [0.2, 0.25) is 0 Å². The highest BCUT2D eigenvalue weighted by molar-refractivity contribution is 7.91. The number of rotatable bonds is 0. The molecule has 3 nitrogen and oxygen atoms in total. The van der Waals surface area contributed by atoms with E-state index >= 15 is 0 Å². The zero-order valence-electron chi connectivity index (χ0n) is 8.33. The summed E-state index contributed by atoms with van der Waals surface area (Å²) in [7, 11) is -0.611. The van der Waals surface area contributed by atoms with Crippen molar-refractivity contribution in [3.63, 3.8) is 0 Å². The highest BCUT2D eigenvalue weighted by Crippen LogP contribution is 2.06. The Balaban J connectivity index is 2.42. The van der Waals surface area contributed by atoms with Crippen LogP contribution in [0.4, 0.5) is 0 Å². The van der Waals surface area contributed by atoms with Gasteiger partial charge in [-0.1, -0.05) is 0 Å². The normalized spacial score (nSPS) is 26.8. The minimum atomic E-state index is -2.72. The van der Waals surface area contributed by atoms with E-state index < -0.39 is 9.84 Å². The van der Waals surface area contributed by atoms with Crippen molar-refractivity contribution in [2.75, 3.05) is 31.6 Å². The van der Waals surface area contributed by atoms with Gasteiger partial charge in [-0.15, -0.1) is 0 Å². The van der Waals surface area contributed by atoms with Crippen molar-refractivity contribution >= 4 is 9.84 Å². The standard InChI is InChI=1S/C9H19NO2S/c1-10-6-2-4-8-13(11,12)9-5-3-7-10/h2-9H2,1H3. The molecular weight excluding hydrogens is 186 g/mol. The molecule has 0 unspecified atom stereocenters. The Morgan fingerprint density at radius 1 is 0.923 bits per heavy atom. The maximum absolute atomic E-state index is 11.4. The quantitative estimate of drug-likeness (QED) is 0.590. The van der Waals surface area contributed by atoms with Gasteiger partial charge in [0.05, 0.1) is 11.5 Å². The fourth-order valence-electron chi connectivity index (χ4n) is 1.62. The Hall–Kier alpha value is -0.0900. The predicted molar refractivity (Wildman–Crippen MR) is 54.6 cm³/mol. The lowest BCUT2D eigenvalue weighted by molar-refractivity contribution is 0.321. The summed E-state index contributed by atoms with van der Waals surface area (Å²) in [5, 5.41) is 0. The number of nitrogens with zero attached hydrogens (tertiary/aromatic N) is 1. The number of sulfone groups is 1. The van der Waals surface area contributed by atoms with E-state index in [2.05, 4.69) is 11.9 Å². The Morgan fingerprint density at radius 3 is 1.85 bits per heavy atom. The van der Waals surface area contributed by atoms with Crippen LogP contribution in [0.1, 0.15) is 25.7 Å². The third kappa shape index (κ3) is 4.62. The van der Waals surface area contributed by atoms with E-state index in [9.17, 15) is 8.42 Å². The summed E-state index contributed by atoms with van der Waals surface area (Å²) < 4.78 is 22.7. The summed E-state index contributed by atoms with van der Waals surface area (Å²) in [6.07, 6.45) is 3.67. The van der Waals surface area contributed by atoms with Crippen molar-refractivity contribution in [1.82, 2.24) is 4.90 Å². The van der Waals surface area contributed by atoms with Crippen molar-refractivity contribution in [2.45, 2.75) is 25.7 Å².